The predicted molar refractivity (Wildman–Crippen MR) is 94.1 cm³/mol. The highest BCUT2D eigenvalue weighted by Crippen LogP contribution is 2.32. The number of nitrogens with one attached hydrogen (secondary N) is 1. The van der Waals surface area contributed by atoms with Crippen molar-refractivity contribution >= 4 is 32.4 Å². The second-order valence-electron chi connectivity index (χ2n) is 6.10. The van der Waals surface area contributed by atoms with Gasteiger partial charge < -0.3 is 0 Å². The van der Waals surface area contributed by atoms with Crippen LogP contribution >= 0.6 is 11.3 Å². The van der Waals surface area contributed by atoms with Gasteiger partial charge in [0.15, 0.2) is 10.8 Å². The number of piperidine rings is 1. The summed E-state index contributed by atoms with van der Waals surface area (Å²) in [6.07, 6.45) is -2.45. The summed E-state index contributed by atoms with van der Waals surface area (Å²) in [6.45, 7) is 0.523. The second-order valence-corrected chi connectivity index (χ2v) is 8.86. The van der Waals surface area contributed by atoms with Crippen molar-refractivity contribution in [1.29, 1.82) is 0 Å². The van der Waals surface area contributed by atoms with Crippen LogP contribution in [0, 0.1) is 5.82 Å². The lowest BCUT2D eigenvalue weighted by molar-refractivity contribution is -0.140. The van der Waals surface area contributed by atoms with Gasteiger partial charge in [-0.2, -0.15) is 17.5 Å². The van der Waals surface area contributed by atoms with E-state index in [2.05, 4.69) is 10.3 Å². The van der Waals surface area contributed by atoms with E-state index in [0.29, 0.717) is 24.2 Å². The molecule has 1 aliphatic heterocycles. The molecule has 12 heteroatoms. The van der Waals surface area contributed by atoms with Crippen LogP contribution < -0.4 is 5.32 Å². The second kappa shape index (κ2) is 7.76. The van der Waals surface area contributed by atoms with Crippen molar-refractivity contribution in [2.75, 3.05) is 18.4 Å². The molecule has 0 aliphatic carbocycles. The summed E-state index contributed by atoms with van der Waals surface area (Å²) in [7, 11) is -4.12. The zero-order valence-electron chi connectivity index (χ0n) is 14.3. The third-order valence-corrected chi connectivity index (χ3v) is 6.81. The molecule has 1 aliphatic rings. The van der Waals surface area contributed by atoms with E-state index in [4.69, 9.17) is 0 Å². The van der Waals surface area contributed by atoms with Crippen molar-refractivity contribution in [1.82, 2.24) is 9.29 Å². The lowest BCUT2D eigenvalue weighted by Gasteiger charge is -2.26. The summed E-state index contributed by atoms with van der Waals surface area (Å²) in [5.41, 5.74) is -1.36. The number of amides is 1. The highest BCUT2D eigenvalue weighted by atomic mass is 32.2. The first-order chi connectivity index (χ1) is 13.1. The van der Waals surface area contributed by atoms with Gasteiger partial charge in [0.05, 0.1) is 0 Å². The van der Waals surface area contributed by atoms with Gasteiger partial charge in [0.1, 0.15) is 10.7 Å². The average Bonchev–Trinajstić information content (AvgIpc) is 3.11. The van der Waals surface area contributed by atoms with Gasteiger partial charge in [-0.1, -0.05) is 6.42 Å². The van der Waals surface area contributed by atoms with Gasteiger partial charge in [0, 0.05) is 24.0 Å². The van der Waals surface area contributed by atoms with Crippen molar-refractivity contribution in [2.24, 2.45) is 0 Å². The van der Waals surface area contributed by atoms with Crippen molar-refractivity contribution in [2.45, 2.75) is 30.3 Å². The van der Waals surface area contributed by atoms with E-state index in [-0.39, 0.29) is 23.8 Å². The molecule has 0 unspecified atom stereocenters. The first-order valence-electron chi connectivity index (χ1n) is 8.23. The van der Waals surface area contributed by atoms with Gasteiger partial charge in [-0.05, 0) is 31.0 Å². The van der Waals surface area contributed by atoms with Crippen molar-refractivity contribution in [3.8, 4) is 0 Å². The molecule has 3 rings (SSSR count). The Kier molecular flexibility index (Phi) is 5.73. The summed E-state index contributed by atoms with van der Waals surface area (Å²) < 4.78 is 78.4. The lowest BCUT2D eigenvalue weighted by Crippen LogP contribution is -2.36. The normalized spacial score (nSPS) is 16.1. The fraction of sp³-hybridized carbons (Fsp3) is 0.375. The minimum absolute atomic E-state index is 0.208. The number of halogens is 4. The molecule has 6 nitrogen and oxygen atoms in total. The van der Waals surface area contributed by atoms with Gasteiger partial charge in [0.25, 0.3) is 5.91 Å². The molecule has 1 aromatic carbocycles. The molecule has 2 heterocycles. The molecule has 2 aromatic rings. The third kappa shape index (κ3) is 4.33. The minimum Gasteiger partial charge on any atom is -0.298 e. The molecule has 152 valence electrons. The molecule has 1 aromatic heterocycles. The average molecular weight is 437 g/mol. The van der Waals surface area contributed by atoms with E-state index in [0.717, 1.165) is 34.3 Å². The number of rotatable bonds is 4. The van der Waals surface area contributed by atoms with Crippen LogP contribution in [0.4, 0.5) is 22.7 Å². The first kappa shape index (κ1) is 20.7. The topological polar surface area (TPSA) is 79.4 Å². The van der Waals surface area contributed by atoms with Crippen molar-refractivity contribution in [3.63, 3.8) is 0 Å². The number of sulfonamides is 1. The van der Waals surface area contributed by atoms with Crippen molar-refractivity contribution < 1.29 is 30.8 Å². The number of aromatic nitrogens is 1. The standard InChI is InChI=1S/C16H15F4N3O3S2/c17-11-5-4-10(8-12(11)28(25,26)23-6-2-1-3-7-23)14(24)22-15-21-13(9-27-15)16(18,19)20/h4-5,8-9H,1-3,6-7H2,(H,21,22,24). The number of hydrogen-bond acceptors (Lipinski definition) is 5. The first-order valence-corrected chi connectivity index (χ1v) is 10.5. The van der Waals surface area contributed by atoms with Crippen LogP contribution in [-0.2, 0) is 16.2 Å². The summed E-state index contributed by atoms with van der Waals surface area (Å²) in [6, 6.07) is 2.78. The Morgan fingerprint density at radius 1 is 1.18 bits per heavy atom. The Balaban J connectivity index is 1.84. The van der Waals surface area contributed by atoms with Crippen LogP contribution in [0.5, 0.6) is 0 Å². The minimum atomic E-state index is -4.65. The van der Waals surface area contributed by atoms with E-state index >= 15 is 0 Å². The fourth-order valence-electron chi connectivity index (χ4n) is 2.72. The Hall–Kier alpha value is -2.05. The SMILES string of the molecule is O=C(Nc1nc(C(F)(F)F)cs1)c1ccc(F)c(S(=O)(=O)N2CCCCC2)c1. The Labute approximate surface area is 162 Å². The highest BCUT2D eigenvalue weighted by molar-refractivity contribution is 7.89. The molecule has 28 heavy (non-hydrogen) atoms. The Morgan fingerprint density at radius 2 is 1.86 bits per heavy atom. The van der Waals surface area contributed by atoms with E-state index in [9.17, 15) is 30.8 Å². The number of carbonyl (C=O) groups is 1. The van der Waals surface area contributed by atoms with Crippen LogP contribution in [0.15, 0.2) is 28.5 Å². The van der Waals surface area contributed by atoms with Crippen LogP contribution in [0.25, 0.3) is 0 Å². The molecule has 0 radical (unpaired) electrons. The highest BCUT2D eigenvalue weighted by Gasteiger charge is 2.34. The van der Waals surface area contributed by atoms with Gasteiger partial charge in [0.2, 0.25) is 10.0 Å². The number of anilines is 1. The number of carbonyl (C=O) groups excluding carboxylic acids is 1. The molecule has 1 fully saturated rings. The molecule has 1 amide bonds. The zero-order chi connectivity index (χ0) is 20.5. The number of hydrogen-bond donors (Lipinski definition) is 1. The summed E-state index contributed by atoms with van der Waals surface area (Å²) in [5, 5.41) is 2.60. The van der Waals surface area contributed by atoms with E-state index < -0.39 is 38.5 Å². The van der Waals surface area contributed by atoms with Crippen LogP contribution in [0.2, 0.25) is 0 Å². The van der Waals surface area contributed by atoms with Crippen LogP contribution in [-0.4, -0.2) is 36.7 Å². The van der Waals surface area contributed by atoms with E-state index in [1.54, 1.807) is 0 Å². The van der Waals surface area contributed by atoms with Gasteiger partial charge in [-0.3, -0.25) is 10.1 Å². The number of benzene rings is 1. The molecule has 0 spiro atoms. The quantitative estimate of drug-likeness (QED) is 0.740. The molecule has 0 atom stereocenters. The maximum absolute atomic E-state index is 14.2. The lowest BCUT2D eigenvalue weighted by atomic mass is 10.2. The molecule has 1 N–H and O–H groups in total. The molecular weight excluding hydrogens is 422 g/mol. The summed E-state index contributed by atoms with van der Waals surface area (Å²) in [4.78, 5) is 14.9. The van der Waals surface area contributed by atoms with Gasteiger partial charge in [-0.15, -0.1) is 11.3 Å². The smallest absolute Gasteiger partial charge is 0.298 e. The Bertz CT molecular complexity index is 983. The maximum Gasteiger partial charge on any atom is 0.434 e. The number of nitrogens with zero attached hydrogens (tertiary/aromatic N) is 2. The van der Waals surface area contributed by atoms with E-state index in [1.807, 2.05) is 0 Å². The van der Waals surface area contributed by atoms with Crippen LogP contribution in [0.1, 0.15) is 35.3 Å². The molecular formula is C16H15F4N3O3S2. The third-order valence-electron chi connectivity index (χ3n) is 4.14. The number of alkyl halides is 3. The monoisotopic (exact) mass is 437 g/mol. The summed E-state index contributed by atoms with van der Waals surface area (Å²) in [5.74, 6) is -1.89. The number of thiazole rings is 1. The molecule has 0 saturated carbocycles. The molecule has 0 bridgehead atoms. The van der Waals surface area contributed by atoms with Crippen molar-refractivity contribution in [3.05, 3.63) is 40.7 Å². The Morgan fingerprint density at radius 3 is 2.46 bits per heavy atom. The maximum atomic E-state index is 14.2. The van der Waals surface area contributed by atoms with Crippen LogP contribution in [0.3, 0.4) is 0 Å². The molecule has 1 saturated heterocycles. The summed E-state index contributed by atoms with van der Waals surface area (Å²) >= 11 is 0.571. The fourth-order valence-corrected chi connectivity index (χ4v) is 5.04. The predicted octanol–water partition coefficient (Wildman–Crippen LogP) is 3.73. The van der Waals surface area contributed by atoms with Gasteiger partial charge >= 0.3 is 6.18 Å². The van der Waals surface area contributed by atoms with E-state index in [1.165, 1.54) is 0 Å². The zero-order valence-corrected chi connectivity index (χ0v) is 15.9. The largest absolute Gasteiger partial charge is 0.434 e. The van der Waals surface area contributed by atoms with Gasteiger partial charge in [-0.25, -0.2) is 17.8 Å².